The van der Waals surface area contributed by atoms with Crippen LogP contribution >= 0.6 is 23.2 Å². The molecule has 0 saturated heterocycles. The van der Waals surface area contributed by atoms with E-state index in [1.54, 1.807) is 0 Å². The summed E-state index contributed by atoms with van der Waals surface area (Å²) in [6.07, 6.45) is 4.85. The predicted molar refractivity (Wildman–Crippen MR) is 112 cm³/mol. The van der Waals surface area contributed by atoms with Gasteiger partial charge in [-0.1, -0.05) is 47.5 Å². The molecule has 1 aliphatic carbocycles. The molecular formula is C23H18Cl2N2O. The van der Waals surface area contributed by atoms with Crippen LogP contribution in [0, 0.1) is 11.3 Å². The summed E-state index contributed by atoms with van der Waals surface area (Å²) in [7, 11) is 0. The van der Waals surface area contributed by atoms with E-state index < -0.39 is 0 Å². The van der Waals surface area contributed by atoms with Gasteiger partial charge in [0.1, 0.15) is 17.4 Å². The lowest BCUT2D eigenvalue weighted by atomic mass is 9.77. The van der Waals surface area contributed by atoms with Gasteiger partial charge in [0.2, 0.25) is 5.88 Å². The van der Waals surface area contributed by atoms with Crippen molar-refractivity contribution >= 4 is 29.3 Å². The number of nitriles is 1. The molecule has 2 aromatic carbocycles. The Labute approximate surface area is 174 Å². The van der Waals surface area contributed by atoms with Crippen LogP contribution in [0.15, 0.2) is 76.9 Å². The Hall–Kier alpha value is -2.67. The van der Waals surface area contributed by atoms with E-state index in [-0.39, 0.29) is 11.8 Å². The van der Waals surface area contributed by atoms with Crippen molar-refractivity contribution in [3.8, 4) is 6.07 Å². The summed E-state index contributed by atoms with van der Waals surface area (Å²) in [5.74, 6) is 0.752. The van der Waals surface area contributed by atoms with Crippen LogP contribution in [0.25, 0.3) is 6.08 Å². The maximum absolute atomic E-state index is 9.72. The summed E-state index contributed by atoms with van der Waals surface area (Å²) in [5, 5.41) is 11.1. The van der Waals surface area contributed by atoms with Crippen molar-refractivity contribution in [3.63, 3.8) is 0 Å². The molecule has 0 saturated carbocycles. The van der Waals surface area contributed by atoms with Crippen LogP contribution in [-0.2, 0) is 4.74 Å². The predicted octanol–water partition coefficient (Wildman–Crippen LogP) is 6.32. The first-order chi connectivity index (χ1) is 13.6. The van der Waals surface area contributed by atoms with Gasteiger partial charge < -0.3 is 10.5 Å². The average Bonchev–Trinajstić information content (AvgIpc) is 2.70. The SMILES string of the molecule is N#CC1=C(N)OC2=C(CCC/C2=C/c2ccc(Cl)cc2)[C@@H]1c1ccc(Cl)cc1. The van der Waals surface area contributed by atoms with E-state index in [1.807, 2.05) is 48.5 Å². The molecule has 5 heteroatoms. The van der Waals surface area contributed by atoms with E-state index in [2.05, 4.69) is 12.1 Å². The van der Waals surface area contributed by atoms with Gasteiger partial charge in [-0.2, -0.15) is 5.26 Å². The second-order valence-corrected chi connectivity index (χ2v) is 7.78. The summed E-state index contributed by atoms with van der Waals surface area (Å²) in [6, 6.07) is 17.5. The molecule has 1 atom stereocenters. The third-order valence-corrected chi connectivity index (χ3v) is 5.63. The first-order valence-corrected chi connectivity index (χ1v) is 9.85. The van der Waals surface area contributed by atoms with E-state index in [9.17, 15) is 5.26 Å². The van der Waals surface area contributed by atoms with Crippen LogP contribution in [-0.4, -0.2) is 0 Å². The van der Waals surface area contributed by atoms with Gasteiger partial charge in [0, 0.05) is 16.0 Å². The molecule has 0 amide bonds. The van der Waals surface area contributed by atoms with E-state index in [0.717, 1.165) is 47.3 Å². The summed E-state index contributed by atoms with van der Waals surface area (Å²) in [5.41, 5.74) is 10.8. The largest absolute Gasteiger partial charge is 0.440 e. The van der Waals surface area contributed by atoms with Crippen LogP contribution in [0.4, 0.5) is 0 Å². The van der Waals surface area contributed by atoms with Crippen LogP contribution in [0.3, 0.4) is 0 Å². The zero-order valence-corrected chi connectivity index (χ0v) is 16.6. The van der Waals surface area contributed by atoms with Gasteiger partial charge in [-0.3, -0.25) is 0 Å². The molecule has 1 heterocycles. The van der Waals surface area contributed by atoms with Crippen molar-refractivity contribution < 1.29 is 4.74 Å². The zero-order valence-electron chi connectivity index (χ0n) is 15.1. The van der Waals surface area contributed by atoms with E-state index in [1.165, 1.54) is 0 Å². The number of ether oxygens (including phenoxy) is 1. The van der Waals surface area contributed by atoms with Crippen molar-refractivity contribution in [1.82, 2.24) is 0 Å². The lowest BCUT2D eigenvalue weighted by Crippen LogP contribution is -2.23. The number of hydrogen-bond acceptors (Lipinski definition) is 3. The highest BCUT2D eigenvalue weighted by molar-refractivity contribution is 6.30. The fourth-order valence-corrected chi connectivity index (χ4v) is 4.08. The van der Waals surface area contributed by atoms with E-state index in [4.69, 9.17) is 33.7 Å². The summed E-state index contributed by atoms with van der Waals surface area (Å²) in [4.78, 5) is 0. The monoisotopic (exact) mass is 408 g/mol. The number of benzene rings is 2. The molecule has 0 aromatic heterocycles. The highest BCUT2D eigenvalue weighted by atomic mass is 35.5. The van der Waals surface area contributed by atoms with Gasteiger partial charge in [-0.05, 0) is 71.9 Å². The van der Waals surface area contributed by atoms with E-state index >= 15 is 0 Å². The van der Waals surface area contributed by atoms with Gasteiger partial charge in [0.15, 0.2) is 0 Å². The third-order valence-electron chi connectivity index (χ3n) is 5.12. The highest BCUT2D eigenvalue weighted by Gasteiger charge is 2.35. The number of allylic oxidation sites excluding steroid dienone is 3. The Kier molecular flexibility index (Phi) is 5.17. The Morgan fingerprint density at radius 1 is 1.00 bits per heavy atom. The molecule has 2 aliphatic rings. The van der Waals surface area contributed by atoms with Gasteiger partial charge in [-0.25, -0.2) is 0 Å². The van der Waals surface area contributed by atoms with Crippen LogP contribution in [0.5, 0.6) is 0 Å². The fraction of sp³-hybridized carbons (Fsp3) is 0.174. The molecule has 2 aromatic rings. The smallest absolute Gasteiger partial charge is 0.205 e. The Bertz CT molecular complexity index is 1040. The summed E-state index contributed by atoms with van der Waals surface area (Å²) >= 11 is 12.1. The minimum Gasteiger partial charge on any atom is -0.440 e. The maximum Gasteiger partial charge on any atom is 0.205 e. The van der Waals surface area contributed by atoms with Gasteiger partial charge in [0.05, 0.1) is 0 Å². The fourth-order valence-electron chi connectivity index (χ4n) is 3.83. The van der Waals surface area contributed by atoms with Crippen molar-refractivity contribution in [2.24, 2.45) is 5.73 Å². The third kappa shape index (κ3) is 3.54. The first kappa shape index (κ1) is 18.7. The molecule has 3 nitrogen and oxygen atoms in total. The molecule has 0 unspecified atom stereocenters. The molecule has 4 rings (SSSR count). The second-order valence-electron chi connectivity index (χ2n) is 6.91. The molecule has 0 bridgehead atoms. The first-order valence-electron chi connectivity index (χ1n) is 9.09. The topological polar surface area (TPSA) is 59.0 Å². The highest BCUT2D eigenvalue weighted by Crippen LogP contribution is 2.46. The van der Waals surface area contributed by atoms with Crippen molar-refractivity contribution in [1.29, 1.82) is 5.26 Å². The molecule has 28 heavy (non-hydrogen) atoms. The Morgan fingerprint density at radius 3 is 2.29 bits per heavy atom. The maximum atomic E-state index is 9.72. The van der Waals surface area contributed by atoms with Crippen molar-refractivity contribution in [2.45, 2.75) is 25.2 Å². The van der Waals surface area contributed by atoms with Gasteiger partial charge in [-0.15, -0.1) is 0 Å². The van der Waals surface area contributed by atoms with Crippen molar-refractivity contribution in [3.05, 3.63) is 98.1 Å². The quantitative estimate of drug-likeness (QED) is 0.631. The second kappa shape index (κ2) is 7.75. The Morgan fingerprint density at radius 2 is 1.64 bits per heavy atom. The Balaban J connectivity index is 1.82. The minimum absolute atomic E-state index is 0.171. The molecule has 140 valence electrons. The normalized spacial score (nSPS) is 20.6. The van der Waals surface area contributed by atoms with E-state index in [0.29, 0.717) is 15.6 Å². The van der Waals surface area contributed by atoms with Crippen LogP contribution < -0.4 is 5.73 Å². The van der Waals surface area contributed by atoms with Crippen molar-refractivity contribution in [2.75, 3.05) is 0 Å². The summed E-state index contributed by atoms with van der Waals surface area (Å²) < 4.78 is 5.97. The lowest BCUT2D eigenvalue weighted by Gasteiger charge is -2.33. The number of halogens is 2. The van der Waals surface area contributed by atoms with Crippen LogP contribution in [0.1, 0.15) is 36.3 Å². The molecular weight excluding hydrogens is 391 g/mol. The molecule has 0 radical (unpaired) electrons. The number of hydrogen-bond donors (Lipinski definition) is 1. The molecule has 0 spiro atoms. The number of nitrogens with two attached hydrogens (primary N) is 1. The van der Waals surface area contributed by atoms with Gasteiger partial charge in [0.25, 0.3) is 0 Å². The zero-order chi connectivity index (χ0) is 19.7. The standard InChI is InChI=1S/C23H18Cl2N2O/c24-17-8-4-14(5-9-17)12-16-2-1-3-19-21(15-6-10-18(25)11-7-15)20(13-26)23(27)28-22(16)19/h4-12,21H,1-3,27H2/b16-12-/t21-/m0/s1. The molecule has 0 fully saturated rings. The lowest BCUT2D eigenvalue weighted by molar-refractivity contribution is 0.277. The minimum atomic E-state index is -0.208. The number of nitrogens with zero attached hydrogens (tertiary/aromatic N) is 1. The van der Waals surface area contributed by atoms with Crippen LogP contribution in [0.2, 0.25) is 10.0 Å². The average molecular weight is 409 g/mol. The van der Waals surface area contributed by atoms with Gasteiger partial charge >= 0.3 is 0 Å². The molecule has 2 N–H and O–H groups in total. The summed E-state index contributed by atoms with van der Waals surface area (Å²) in [6.45, 7) is 0. The molecule has 1 aliphatic heterocycles. The number of rotatable bonds is 2.